The molecular weight excluding hydrogens is 236 g/mol. The number of hydrogen-bond acceptors (Lipinski definition) is 4. The van der Waals surface area contributed by atoms with Crippen LogP contribution in [0.25, 0.3) is 0 Å². The Bertz CT molecular complexity index is 342. The number of carbonyl (C=O) groups is 3. The van der Waals surface area contributed by atoms with Crippen LogP contribution in [0.1, 0.15) is 12.8 Å². The lowest BCUT2D eigenvalue weighted by molar-refractivity contribution is -0.146. The number of piperazine rings is 1. The van der Waals surface area contributed by atoms with Crippen molar-refractivity contribution in [1.82, 2.24) is 20.9 Å². The first kappa shape index (κ1) is 12.8. The zero-order valence-electron chi connectivity index (χ0n) is 10.2. The Labute approximate surface area is 105 Å². The summed E-state index contributed by atoms with van der Waals surface area (Å²) in [6.07, 6.45) is 0.985. The van der Waals surface area contributed by atoms with Crippen LogP contribution in [-0.4, -0.2) is 61.4 Å². The number of hydrogen-bond donors (Lipinski definition) is 3. The minimum atomic E-state index is -0.571. The zero-order valence-corrected chi connectivity index (χ0v) is 10.2. The molecule has 0 bridgehead atoms. The second-order valence-electron chi connectivity index (χ2n) is 4.56. The van der Waals surface area contributed by atoms with Gasteiger partial charge in [-0.15, -0.1) is 0 Å². The van der Waals surface area contributed by atoms with E-state index in [0.717, 1.165) is 13.1 Å². The summed E-state index contributed by atoms with van der Waals surface area (Å²) in [5, 5.41) is 8.46. The normalized spacial score (nSPS) is 24.3. The van der Waals surface area contributed by atoms with E-state index in [2.05, 4.69) is 16.0 Å². The first-order valence-electron chi connectivity index (χ1n) is 6.24. The van der Waals surface area contributed by atoms with Gasteiger partial charge < -0.3 is 20.9 Å². The third-order valence-corrected chi connectivity index (χ3v) is 3.20. The summed E-state index contributed by atoms with van der Waals surface area (Å²) < 4.78 is 0. The lowest BCUT2D eigenvalue weighted by Gasteiger charge is -2.28. The third kappa shape index (κ3) is 3.19. The molecule has 0 saturated carbocycles. The number of piperidine rings is 1. The van der Waals surface area contributed by atoms with Gasteiger partial charge in [0, 0.05) is 45.2 Å². The van der Waals surface area contributed by atoms with Crippen LogP contribution in [0.15, 0.2) is 0 Å². The maximum atomic E-state index is 11.8. The van der Waals surface area contributed by atoms with Crippen molar-refractivity contribution in [3.05, 3.63) is 0 Å². The molecule has 1 unspecified atom stereocenters. The average Bonchev–Trinajstić information content (AvgIpc) is 2.41. The minimum Gasteiger partial charge on any atom is -0.354 e. The Morgan fingerprint density at radius 2 is 2.00 bits per heavy atom. The largest absolute Gasteiger partial charge is 0.354 e. The maximum absolute atomic E-state index is 11.8. The molecule has 2 rings (SSSR count). The highest BCUT2D eigenvalue weighted by Gasteiger charge is 2.26. The van der Waals surface area contributed by atoms with Gasteiger partial charge >= 0.3 is 11.8 Å². The Morgan fingerprint density at radius 1 is 1.28 bits per heavy atom. The fourth-order valence-corrected chi connectivity index (χ4v) is 2.11. The molecule has 0 aromatic carbocycles. The lowest BCUT2D eigenvalue weighted by atomic mass is 10.1. The molecule has 2 aliphatic rings. The van der Waals surface area contributed by atoms with Crippen molar-refractivity contribution in [3.8, 4) is 0 Å². The number of carbonyl (C=O) groups excluding carboxylic acids is 3. The topological polar surface area (TPSA) is 90.5 Å². The van der Waals surface area contributed by atoms with Crippen LogP contribution in [0.3, 0.4) is 0 Å². The first-order chi connectivity index (χ1) is 8.66. The van der Waals surface area contributed by atoms with E-state index in [1.54, 1.807) is 4.90 Å². The smallest absolute Gasteiger partial charge is 0.311 e. The fourth-order valence-electron chi connectivity index (χ4n) is 2.11. The van der Waals surface area contributed by atoms with Gasteiger partial charge in [-0.3, -0.25) is 14.4 Å². The third-order valence-electron chi connectivity index (χ3n) is 3.20. The van der Waals surface area contributed by atoms with Crippen molar-refractivity contribution in [2.75, 3.05) is 32.7 Å². The minimum absolute atomic E-state index is 0.00562. The monoisotopic (exact) mass is 254 g/mol. The van der Waals surface area contributed by atoms with Gasteiger partial charge in [-0.25, -0.2) is 0 Å². The van der Waals surface area contributed by atoms with Crippen LogP contribution in [0.2, 0.25) is 0 Å². The highest BCUT2D eigenvalue weighted by Crippen LogP contribution is 2.03. The predicted molar refractivity (Wildman–Crippen MR) is 63.6 cm³/mol. The van der Waals surface area contributed by atoms with Crippen molar-refractivity contribution in [2.45, 2.75) is 18.9 Å². The molecule has 100 valence electrons. The Morgan fingerprint density at radius 3 is 2.61 bits per heavy atom. The van der Waals surface area contributed by atoms with Gasteiger partial charge in [-0.05, 0) is 6.42 Å². The summed E-state index contributed by atoms with van der Waals surface area (Å²) in [7, 11) is 0. The number of nitrogens with zero attached hydrogens (tertiary/aromatic N) is 1. The van der Waals surface area contributed by atoms with E-state index in [1.807, 2.05) is 0 Å². The van der Waals surface area contributed by atoms with Gasteiger partial charge in [0.1, 0.15) is 0 Å². The number of amides is 3. The molecule has 2 saturated heterocycles. The van der Waals surface area contributed by atoms with Gasteiger partial charge in [-0.2, -0.15) is 0 Å². The highest BCUT2D eigenvalue weighted by molar-refractivity contribution is 6.35. The Kier molecular flexibility index (Phi) is 4.14. The summed E-state index contributed by atoms with van der Waals surface area (Å²) in [6, 6.07) is -0.137. The molecule has 2 aliphatic heterocycles. The Hall–Kier alpha value is -1.63. The standard InChI is InChI=1S/C11H18N4O3/c16-9-2-1-8(7-13-9)14-10(17)11(18)15-5-3-12-4-6-15/h8,12H,1-7H2,(H,13,16)(H,14,17). The van der Waals surface area contributed by atoms with Crippen LogP contribution in [0, 0.1) is 0 Å². The summed E-state index contributed by atoms with van der Waals surface area (Å²) in [5.74, 6) is -1.06. The molecule has 7 nitrogen and oxygen atoms in total. The molecule has 0 aromatic heterocycles. The van der Waals surface area contributed by atoms with Gasteiger partial charge in [0.25, 0.3) is 0 Å². The Balaban J connectivity index is 1.79. The van der Waals surface area contributed by atoms with E-state index in [4.69, 9.17) is 0 Å². The molecule has 0 spiro atoms. The van der Waals surface area contributed by atoms with Crippen LogP contribution in [0.4, 0.5) is 0 Å². The number of rotatable bonds is 1. The summed E-state index contributed by atoms with van der Waals surface area (Å²) >= 11 is 0. The van der Waals surface area contributed by atoms with E-state index < -0.39 is 11.8 Å². The predicted octanol–water partition coefficient (Wildman–Crippen LogP) is -2.19. The van der Waals surface area contributed by atoms with Crippen LogP contribution in [0.5, 0.6) is 0 Å². The molecule has 0 radical (unpaired) electrons. The van der Waals surface area contributed by atoms with Gasteiger partial charge in [0.05, 0.1) is 0 Å². The first-order valence-corrected chi connectivity index (χ1v) is 6.24. The average molecular weight is 254 g/mol. The fraction of sp³-hybridized carbons (Fsp3) is 0.727. The molecule has 1 atom stereocenters. The van der Waals surface area contributed by atoms with Crippen LogP contribution < -0.4 is 16.0 Å². The summed E-state index contributed by atoms with van der Waals surface area (Å²) in [6.45, 7) is 2.97. The lowest BCUT2D eigenvalue weighted by Crippen LogP contribution is -2.55. The van der Waals surface area contributed by atoms with Gasteiger partial charge in [0.15, 0.2) is 0 Å². The quantitative estimate of drug-likeness (QED) is 0.464. The molecule has 0 aliphatic carbocycles. The molecule has 18 heavy (non-hydrogen) atoms. The zero-order chi connectivity index (χ0) is 13.0. The summed E-state index contributed by atoms with van der Waals surface area (Å²) in [4.78, 5) is 36.1. The van der Waals surface area contributed by atoms with Crippen molar-refractivity contribution >= 4 is 17.7 Å². The molecular formula is C11H18N4O3. The van der Waals surface area contributed by atoms with E-state index in [1.165, 1.54) is 0 Å². The van der Waals surface area contributed by atoms with Gasteiger partial charge in [0.2, 0.25) is 5.91 Å². The van der Waals surface area contributed by atoms with Crippen molar-refractivity contribution < 1.29 is 14.4 Å². The van der Waals surface area contributed by atoms with Gasteiger partial charge in [-0.1, -0.05) is 0 Å². The number of nitrogens with one attached hydrogen (secondary N) is 3. The second kappa shape index (κ2) is 5.81. The second-order valence-corrected chi connectivity index (χ2v) is 4.56. The molecule has 2 heterocycles. The van der Waals surface area contributed by atoms with E-state index in [0.29, 0.717) is 32.5 Å². The summed E-state index contributed by atoms with van der Waals surface area (Å²) in [5.41, 5.74) is 0. The molecule has 3 N–H and O–H groups in total. The maximum Gasteiger partial charge on any atom is 0.311 e. The van der Waals surface area contributed by atoms with Crippen molar-refractivity contribution in [3.63, 3.8) is 0 Å². The molecule has 7 heteroatoms. The van der Waals surface area contributed by atoms with Crippen LogP contribution >= 0.6 is 0 Å². The van der Waals surface area contributed by atoms with Crippen LogP contribution in [-0.2, 0) is 14.4 Å². The molecule has 3 amide bonds. The highest BCUT2D eigenvalue weighted by atomic mass is 16.2. The van der Waals surface area contributed by atoms with E-state index in [-0.39, 0.29) is 11.9 Å². The SMILES string of the molecule is O=C1CCC(NC(=O)C(=O)N2CCNCC2)CN1. The van der Waals surface area contributed by atoms with Crippen molar-refractivity contribution in [2.24, 2.45) is 0 Å². The van der Waals surface area contributed by atoms with E-state index in [9.17, 15) is 14.4 Å². The molecule has 2 fully saturated rings. The van der Waals surface area contributed by atoms with Crippen molar-refractivity contribution in [1.29, 1.82) is 0 Å². The molecule has 0 aromatic rings. The van der Waals surface area contributed by atoms with E-state index >= 15 is 0 Å².